The fraction of sp³-hybridized carbons (Fsp3) is 0.778. The van der Waals surface area contributed by atoms with Crippen LogP contribution in [0.3, 0.4) is 0 Å². The topological polar surface area (TPSA) is 81.4 Å². The Hall–Kier alpha value is -1.47. The molecular weight excluding hydrogens is 241 g/mol. The van der Waals surface area contributed by atoms with Gasteiger partial charge in [-0.05, 0) is 5.92 Å². The summed E-state index contributed by atoms with van der Waals surface area (Å²) in [4.78, 5) is 22.0. The molecule has 17 heavy (non-hydrogen) atoms. The molecule has 0 saturated heterocycles. The van der Waals surface area contributed by atoms with Gasteiger partial charge in [-0.3, -0.25) is 4.79 Å². The molecule has 0 aromatic carbocycles. The van der Waals surface area contributed by atoms with E-state index in [-0.39, 0.29) is 5.92 Å². The fourth-order valence-electron chi connectivity index (χ4n) is 1.05. The first-order valence-corrected chi connectivity index (χ1v) is 4.96. The van der Waals surface area contributed by atoms with Gasteiger partial charge in [0.2, 0.25) is 5.91 Å². The van der Waals surface area contributed by atoms with Gasteiger partial charge in [0.1, 0.15) is 6.04 Å². The number of carbonyl (C=O) groups is 2. The highest BCUT2D eigenvalue weighted by molar-refractivity contribution is 5.84. The van der Waals surface area contributed by atoms with Crippen molar-refractivity contribution in [2.45, 2.75) is 32.5 Å². The second kappa shape index (κ2) is 6.31. The van der Waals surface area contributed by atoms with E-state index in [0.29, 0.717) is 6.42 Å². The Kier molecular flexibility index (Phi) is 5.77. The molecule has 2 amide bonds. The van der Waals surface area contributed by atoms with Gasteiger partial charge < -0.3 is 15.8 Å². The molecule has 5 nitrogen and oxygen atoms in total. The Morgan fingerprint density at radius 2 is 1.94 bits per heavy atom. The molecule has 2 atom stereocenters. The molecule has 0 bridgehead atoms. The van der Waals surface area contributed by atoms with Gasteiger partial charge in [-0.25, -0.2) is 4.79 Å². The minimum absolute atomic E-state index is 0.286. The second-order valence-electron chi connectivity index (χ2n) is 3.60. The number of primary amides is 1. The van der Waals surface area contributed by atoms with Crippen molar-refractivity contribution in [1.29, 1.82) is 0 Å². The first kappa shape index (κ1) is 15.5. The molecule has 0 fully saturated rings. The number of nitrogens with two attached hydrogens (primary N) is 1. The van der Waals surface area contributed by atoms with Crippen LogP contribution in [0.5, 0.6) is 0 Å². The number of hydrogen-bond donors (Lipinski definition) is 2. The molecule has 100 valence electrons. The van der Waals surface area contributed by atoms with E-state index in [9.17, 15) is 22.8 Å². The van der Waals surface area contributed by atoms with Gasteiger partial charge in [0.15, 0.2) is 6.61 Å². The maximum Gasteiger partial charge on any atom is 0.422 e. The molecule has 0 saturated carbocycles. The summed E-state index contributed by atoms with van der Waals surface area (Å²) in [6.07, 6.45) is -5.38. The van der Waals surface area contributed by atoms with Crippen molar-refractivity contribution in [2.24, 2.45) is 11.7 Å². The van der Waals surface area contributed by atoms with E-state index in [4.69, 9.17) is 5.73 Å². The zero-order valence-corrected chi connectivity index (χ0v) is 9.50. The summed E-state index contributed by atoms with van der Waals surface area (Å²) in [5.41, 5.74) is 5.01. The molecule has 0 rings (SSSR count). The van der Waals surface area contributed by atoms with Crippen molar-refractivity contribution >= 4 is 12.0 Å². The van der Waals surface area contributed by atoms with Crippen molar-refractivity contribution in [3.8, 4) is 0 Å². The molecule has 3 N–H and O–H groups in total. The smallest absolute Gasteiger partial charge is 0.422 e. The van der Waals surface area contributed by atoms with Gasteiger partial charge in [-0.2, -0.15) is 13.2 Å². The van der Waals surface area contributed by atoms with Gasteiger partial charge in [0.05, 0.1) is 0 Å². The molecule has 0 aliphatic carbocycles. The summed E-state index contributed by atoms with van der Waals surface area (Å²) in [5, 5.41) is 2.00. The highest BCUT2D eigenvalue weighted by atomic mass is 19.4. The van der Waals surface area contributed by atoms with Crippen LogP contribution in [0.1, 0.15) is 20.3 Å². The fourth-order valence-corrected chi connectivity index (χ4v) is 1.05. The molecule has 0 aliphatic heterocycles. The largest absolute Gasteiger partial charge is 0.440 e. The van der Waals surface area contributed by atoms with Crippen LogP contribution in [0.4, 0.5) is 18.0 Å². The average Bonchev–Trinajstić information content (AvgIpc) is 2.20. The van der Waals surface area contributed by atoms with Crippen LogP contribution in [0, 0.1) is 5.92 Å². The van der Waals surface area contributed by atoms with Crippen LogP contribution >= 0.6 is 0 Å². The summed E-state index contributed by atoms with van der Waals surface area (Å²) >= 11 is 0. The second-order valence-corrected chi connectivity index (χ2v) is 3.60. The minimum Gasteiger partial charge on any atom is -0.440 e. The highest BCUT2D eigenvalue weighted by Gasteiger charge is 2.31. The predicted octanol–water partition coefficient (Wildman–Crippen LogP) is 1.17. The predicted molar refractivity (Wildman–Crippen MR) is 53.0 cm³/mol. The summed E-state index contributed by atoms with van der Waals surface area (Å²) in [6.45, 7) is 1.69. The van der Waals surface area contributed by atoms with Crippen molar-refractivity contribution < 1.29 is 27.5 Å². The van der Waals surface area contributed by atoms with Crippen LogP contribution in [0.25, 0.3) is 0 Å². The number of ether oxygens (including phenoxy) is 1. The number of hydrogen-bond acceptors (Lipinski definition) is 3. The van der Waals surface area contributed by atoms with E-state index < -0.39 is 30.8 Å². The highest BCUT2D eigenvalue weighted by Crippen LogP contribution is 2.14. The maximum absolute atomic E-state index is 11.7. The van der Waals surface area contributed by atoms with Crippen LogP contribution < -0.4 is 11.1 Å². The third-order valence-electron chi connectivity index (χ3n) is 2.16. The summed E-state index contributed by atoms with van der Waals surface area (Å²) < 4.78 is 39.1. The molecule has 0 aromatic rings. The van der Waals surface area contributed by atoms with Crippen molar-refractivity contribution in [3.05, 3.63) is 0 Å². The molecule has 0 spiro atoms. The van der Waals surface area contributed by atoms with Gasteiger partial charge in [0, 0.05) is 0 Å². The third-order valence-corrected chi connectivity index (χ3v) is 2.16. The van der Waals surface area contributed by atoms with Crippen molar-refractivity contribution in [2.75, 3.05) is 6.61 Å². The lowest BCUT2D eigenvalue weighted by Crippen LogP contribution is -2.48. The van der Waals surface area contributed by atoms with Crippen LogP contribution in [0.2, 0.25) is 0 Å². The van der Waals surface area contributed by atoms with Gasteiger partial charge in [0.25, 0.3) is 0 Å². The van der Waals surface area contributed by atoms with E-state index in [1.807, 2.05) is 5.32 Å². The standard InChI is InChI=1S/C9H15F3N2O3/c1-3-5(2)6(7(13)15)14-8(16)17-4-9(10,11)12/h5-6H,3-4H2,1-2H3,(H2,13,15)(H,14,16)/t5-,6-/m0/s1. The first-order valence-electron chi connectivity index (χ1n) is 4.96. The van der Waals surface area contributed by atoms with E-state index in [0.717, 1.165) is 0 Å². The van der Waals surface area contributed by atoms with Crippen molar-refractivity contribution in [3.63, 3.8) is 0 Å². The van der Waals surface area contributed by atoms with Gasteiger partial charge in [-0.1, -0.05) is 20.3 Å². The Morgan fingerprint density at radius 1 is 1.41 bits per heavy atom. The number of nitrogens with one attached hydrogen (secondary N) is 1. The molecule has 0 radical (unpaired) electrons. The van der Waals surface area contributed by atoms with E-state index >= 15 is 0 Å². The molecule has 0 aromatic heterocycles. The van der Waals surface area contributed by atoms with Crippen molar-refractivity contribution in [1.82, 2.24) is 5.32 Å². The van der Waals surface area contributed by atoms with E-state index in [2.05, 4.69) is 4.74 Å². The molecule has 0 aliphatic rings. The number of alkyl carbamates (subject to hydrolysis) is 1. The molecule has 8 heteroatoms. The normalized spacial score (nSPS) is 14.9. The molecular formula is C9H15F3N2O3. The molecule has 0 heterocycles. The Bertz CT molecular complexity index is 281. The van der Waals surface area contributed by atoms with Gasteiger partial charge >= 0.3 is 12.3 Å². The average molecular weight is 256 g/mol. The maximum atomic E-state index is 11.7. The zero-order valence-electron chi connectivity index (χ0n) is 9.50. The number of carbonyl (C=O) groups excluding carboxylic acids is 2. The lowest BCUT2D eigenvalue weighted by atomic mass is 9.99. The Labute approximate surface area is 96.5 Å². The van der Waals surface area contributed by atoms with E-state index in [1.54, 1.807) is 13.8 Å². The lowest BCUT2D eigenvalue weighted by molar-refractivity contribution is -0.160. The van der Waals surface area contributed by atoms with Crippen LogP contribution in [-0.2, 0) is 9.53 Å². The summed E-state index contributed by atoms with van der Waals surface area (Å²) in [7, 11) is 0. The number of alkyl halides is 3. The third kappa shape index (κ3) is 6.64. The van der Waals surface area contributed by atoms with E-state index in [1.165, 1.54) is 0 Å². The Morgan fingerprint density at radius 3 is 2.29 bits per heavy atom. The monoisotopic (exact) mass is 256 g/mol. The van der Waals surface area contributed by atoms with Crippen LogP contribution in [0.15, 0.2) is 0 Å². The minimum atomic E-state index is -4.60. The zero-order chi connectivity index (χ0) is 13.6. The van der Waals surface area contributed by atoms with Crippen LogP contribution in [-0.4, -0.2) is 30.8 Å². The lowest BCUT2D eigenvalue weighted by Gasteiger charge is -2.20. The summed E-state index contributed by atoms with van der Waals surface area (Å²) in [5.74, 6) is -1.10. The molecule has 0 unspecified atom stereocenters. The summed E-state index contributed by atoms with van der Waals surface area (Å²) in [6, 6.07) is -1.04. The first-order chi connectivity index (χ1) is 7.67. The number of amides is 2. The van der Waals surface area contributed by atoms with Gasteiger partial charge in [-0.15, -0.1) is 0 Å². The quantitative estimate of drug-likeness (QED) is 0.774. The number of halogens is 3. The Balaban J connectivity index is 4.28. The number of rotatable bonds is 5. The SMILES string of the molecule is CC[C@H](C)[C@H](NC(=O)OCC(F)(F)F)C(N)=O.